The summed E-state index contributed by atoms with van der Waals surface area (Å²) >= 11 is 0. The van der Waals surface area contributed by atoms with Gasteiger partial charge in [0.15, 0.2) is 0 Å². The van der Waals surface area contributed by atoms with Gasteiger partial charge in [-0.25, -0.2) is 13.2 Å². The molecule has 1 fully saturated rings. The SMILES string of the molecule is O=C(NCc1ccccc1F)C1CCCN(Cc2cccc(-c3ccc(F)cc3F)c2)C1. The summed E-state index contributed by atoms with van der Waals surface area (Å²) in [5.74, 6) is -1.74. The number of piperidine rings is 1. The monoisotopic (exact) mass is 438 g/mol. The Hall–Kier alpha value is -3.12. The van der Waals surface area contributed by atoms with Crippen molar-refractivity contribution < 1.29 is 18.0 Å². The number of carbonyl (C=O) groups is 1. The minimum absolute atomic E-state index is 0.0694. The molecule has 0 spiro atoms. The fourth-order valence-electron chi connectivity index (χ4n) is 4.20. The molecule has 4 rings (SSSR count). The molecule has 1 aliphatic heterocycles. The number of amides is 1. The molecule has 3 nitrogen and oxygen atoms in total. The Morgan fingerprint density at radius 1 is 0.969 bits per heavy atom. The van der Waals surface area contributed by atoms with Crippen LogP contribution in [0, 0.1) is 23.4 Å². The highest BCUT2D eigenvalue weighted by molar-refractivity contribution is 5.79. The van der Waals surface area contributed by atoms with E-state index in [2.05, 4.69) is 10.2 Å². The Bertz CT molecular complexity index is 1100. The van der Waals surface area contributed by atoms with Crippen molar-refractivity contribution in [2.24, 2.45) is 5.92 Å². The van der Waals surface area contributed by atoms with Gasteiger partial charge in [0.1, 0.15) is 17.5 Å². The normalized spacial score (nSPS) is 16.7. The average molecular weight is 438 g/mol. The topological polar surface area (TPSA) is 32.3 Å². The van der Waals surface area contributed by atoms with Gasteiger partial charge in [-0.05, 0) is 54.8 Å². The van der Waals surface area contributed by atoms with Crippen LogP contribution in [0.1, 0.15) is 24.0 Å². The third-order valence-electron chi connectivity index (χ3n) is 5.86. The Kier molecular flexibility index (Phi) is 6.90. The van der Waals surface area contributed by atoms with E-state index in [0.29, 0.717) is 29.8 Å². The Labute approximate surface area is 185 Å². The van der Waals surface area contributed by atoms with Gasteiger partial charge in [0.25, 0.3) is 0 Å². The third-order valence-corrected chi connectivity index (χ3v) is 5.86. The molecule has 1 aliphatic rings. The zero-order chi connectivity index (χ0) is 22.5. The van der Waals surface area contributed by atoms with Gasteiger partial charge in [-0.15, -0.1) is 0 Å². The van der Waals surface area contributed by atoms with Crippen LogP contribution in [0.15, 0.2) is 66.7 Å². The summed E-state index contributed by atoms with van der Waals surface area (Å²) in [6, 6.07) is 17.5. The quantitative estimate of drug-likeness (QED) is 0.567. The van der Waals surface area contributed by atoms with Crippen molar-refractivity contribution in [2.75, 3.05) is 13.1 Å². The summed E-state index contributed by atoms with van der Waals surface area (Å²) in [6.07, 6.45) is 1.69. The van der Waals surface area contributed by atoms with Crippen LogP contribution < -0.4 is 5.32 Å². The summed E-state index contributed by atoms with van der Waals surface area (Å²) < 4.78 is 41.2. The summed E-state index contributed by atoms with van der Waals surface area (Å²) in [4.78, 5) is 14.9. The van der Waals surface area contributed by atoms with Crippen LogP contribution in [0.2, 0.25) is 0 Å². The maximum atomic E-state index is 14.2. The van der Waals surface area contributed by atoms with Gasteiger partial charge in [-0.2, -0.15) is 0 Å². The van der Waals surface area contributed by atoms with Gasteiger partial charge in [0.05, 0.1) is 5.92 Å². The molecule has 1 saturated heterocycles. The van der Waals surface area contributed by atoms with E-state index in [0.717, 1.165) is 31.0 Å². The Balaban J connectivity index is 1.38. The van der Waals surface area contributed by atoms with Crippen molar-refractivity contribution >= 4 is 5.91 Å². The van der Waals surface area contributed by atoms with Crippen molar-refractivity contribution in [1.29, 1.82) is 0 Å². The van der Waals surface area contributed by atoms with E-state index in [1.807, 2.05) is 18.2 Å². The number of benzene rings is 3. The lowest BCUT2D eigenvalue weighted by Crippen LogP contribution is -2.42. The van der Waals surface area contributed by atoms with E-state index < -0.39 is 11.6 Å². The van der Waals surface area contributed by atoms with Gasteiger partial charge in [0, 0.05) is 36.8 Å². The van der Waals surface area contributed by atoms with Crippen molar-refractivity contribution in [1.82, 2.24) is 10.2 Å². The van der Waals surface area contributed by atoms with E-state index in [4.69, 9.17) is 0 Å². The number of nitrogens with zero attached hydrogens (tertiary/aromatic N) is 1. The van der Waals surface area contributed by atoms with Crippen LogP contribution in [0.3, 0.4) is 0 Å². The van der Waals surface area contributed by atoms with Crippen LogP contribution in [0.25, 0.3) is 11.1 Å². The second-order valence-electron chi connectivity index (χ2n) is 8.21. The lowest BCUT2D eigenvalue weighted by molar-refractivity contribution is -0.127. The zero-order valence-corrected chi connectivity index (χ0v) is 17.7. The molecule has 1 N–H and O–H groups in total. The molecular weight excluding hydrogens is 413 g/mol. The summed E-state index contributed by atoms with van der Waals surface area (Å²) in [7, 11) is 0. The highest BCUT2D eigenvalue weighted by Crippen LogP contribution is 2.26. The standard InChI is InChI=1S/C26H25F3N2O/c27-22-10-11-23(25(29)14-22)19-7-3-5-18(13-19)16-31-12-4-8-21(17-31)26(32)30-15-20-6-1-2-9-24(20)28/h1-3,5-7,9-11,13-14,21H,4,8,12,15-17H2,(H,30,32). The van der Waals surface area contributed by atoms with E-state index >= 15 is 0 Å². The molecule has 1 amide bonds. The molecule has 0 bridgehead atoms. The first-order chi connectivity index (χ1) is 15.5. The largest absolute Gasteiger partial charge is 0.352 e. The highest BCUT2D eigenvalue weighted by Gasteiger charge is 2.26. The van der Waals surface area contributed by atoms with Gasteiger partial charge >= 0.3 is 0 Å². The lowest BCUT2D eigenvalue weighted by Gasteiger charge is -2.32. The smallest absolute Gasteiger partial charge is 0.224 e. The fourth-order valence-corrected chi connectivity index (χ4v) is 4.20. The fraction of sp³-hybridized carbons (Fsp3) is 0.269. The van der Waals surface area contributed by atoms with Crippen molar-refractivity contribution in [2.45, 2.75) is 25.9 Å². The van der Waals surface area contributed by atoms with Crippen LogP contribution in [-0.2, 0) is 17.9 Å². The molecule has 32 heavy (non-hydrogen) atoms. The highest BCUT2D eigenvalue weighted by atomic mass is 19.1. The molecule has 0 radical (unpaired) electrons. The average Bonchev–Trinajstić information content (AvgIpc) is 2.79. The molecule has 0 saturated carbocycles. The van der Waals surface area contributed by atoms with E-state index in [1.165, 1.54) is 18.2 Å². The molecule has 3 aromatic carbocycles. The molecular formula is C26H25F3N2O. The van der Waals surface area contributed by atoms with Crippen molar-refractivity contribution in [3.63, 3.8) is 0 Å². The number of carbonyl (C=O) groups excluding carboxylic acids is 1. The maximum Gasteiger partial charge on any atom is 0.224 e. The van der Waals surface area contributed by atoms with E-state index in [-0.39, 0.29) is 24.2 Å². The predicted molar refractivity (Wildman–Crippen MR) is 118 cm³/mol. The number of halogens is 3. The molecule has 1 atom stereocenters. The molecule has 166 valence electrons. The maximum absolute atomic E-state index is 14.2. The second kappa shape index (κ2) is 10.0. The first-order valence-electron chi connectivity index (χ1n) is 10.8. The van der Waals surface area contributed by atoms with Crippen LogP contribution in [0.5, 0.6) is 0 Å². The Morgan fingerprint density at radius 2 is 1.81 bits per heavy atom. The minimum atomic E-state index is -0.602. The number of rotatable bonds is 6. The van der Waals surface area contributed by atoms with Crippen LogP contribution in [-0.4, -0.2) is 23.9 Å². The van der Waals surface area contributed by atoms with E-state index in [1.54, 1.807) is 24.3 Å². The zero-order valence-electron chi connectivity index (χ0n) is 17.7. The predicted octanol–water partition coefficient (Wildman–Crippen LogP) is 5.30. The number of likely N-dealkylation sites (tertiary alicyclic amines) is 1. The van der Waals surface area contributed by atoms with Crippen LogP contribution in [0.4, 0.5) is 13.2 Å². The van der Waals surface area contributed by atoms with Gasteiger partial charge in [0.2, 0.25) is 5.91 Å². The van der Waals surface area contributed by atoms with Gasteiger partial charge in [-0.3, -0.25) is 9.69 Å². The van der Waals surface area contributed by atoms with Gasteiger partial charge < -0.3 is 5.32 Å². The van der Waals surface area contributed by atoms with Crippen molar-refractivity contribution in [3.8, 4) is 11.1 Å². The first kappa shape index (κ1) is 22.1. The van der Waals surface area contributed by atoms with Crippen LogP contribution >= 0.6 is 0 Å². The molecule has 3 aromatic rings. The van der Waals surface area contributed by atoms with E-state index in [9.17, 15) is 18.0 Å². The molecule has 1 heterocycles. The van der Waals surface area contributed by atoms with Crippen molar-refractivity contribution in [3.05, 3.63) is 95.3 Å². The molecule has 6 heteroatoms. The number of nitrogens with one attached hydrogen (secondary N) is 1. The van der Waals surface area contributed by atoms with Gasteiger partial charge in [-0.1, -0.05) is 36.4 Å². The molecule has 0 aliphatic carbocycles. The molecule has 0 aromatic heterocycles. The first-order valence-corrected chi connectivity index (χ1v) is 10.8. The summed E-state index contributed by atoms with van der Waals surface area (Å²) in [5.41, 5.74) is 2.52. The summed E-state index contributed by atoms with van der Waals surface area (Å²) in [6.45, 7) is 2.28. The molecule has 1 unspecified atom stereocenters. The summed E-state index contributed by atoms with van der Waals surface area (Å²) in [5, 5.41) is 2.86. The Morgan fingerprint density at radius 3 is 2.62 bits per heavy atom. The second-order valence-corrected chi connectivity index (χ2v) is 8.21. The lowest BCUT2D eigenvalue weighted by atomic mass is 9.96. The third kappa shape index (κ3) is 5.37. The number of hydrogen-bond donors (Lipinski definition) is 1. The number of hydrogen-bond acceptors (Lipinski definition) is 2. The minimum Gasteiger partial charge on any atom is -0.352 e.